The van der Waals surface area contributed by atoms with Crippen LogP contribution in [0.2, 0.25) is 0 Å². The fourth-order valence-corrected chi connectivity index (χ4v) is 0.550. The van der Waals surface area contributed by atoms with Gasteiger partial charge in [-0.3, -0.25) is 10.1 Å². The van der Waals surface area contributed by atoms with Crippen LogP contribution in [0.4, 0.5) is 5.69 Å². The summed E-state index contributed by atoms with van der Waals surface area (Å²) in [4.78, 5) is 26.1. The maximum Gasteiger partial charge on any atom is 2.00 e. The van der Waals surface area contributed by atoms with Crippen LogP contribution in [0.15, 0.2) is 30.3 Å². The maximum absolute atomic E-state index is 10.0. The Bertz CT molecular complexity index is 286. The molecule has 0 unspecified atom stereocenters. The van der Waals surface area contributed by atoms with Crippen LogP contribution in [-0.2, 0) is 9.59 Å². The van der Waals surface area contributed by atoms with E-state index < -0.39 is 17.9 Å². The second-order valence-electron chi connectivity index (χ2n) is 1.79. The van der Waals surface area contributed by atoms with Gasteiger partial charge in [-0.15, -0.1) is 0 Å². The van der Waals surface area contributed by atoms with E-state index in [2.05, 4.69) is 0 Å². The molecule has 0 saturated heterocycles. The van der Waals surface area contributed by atoms with Crippen LogP contribution < -0.4 is 10.2 Å². The molecule has 8 heteroatoms. The number of para-hydroxylation sites is 1. The summed E-state index contributed by atoms with van der Waals surface area (Å²) in [6, 6.07) is 7.93. The molecule has 0 heterocycles. The third-order valence-electron chi connectivity index (χ3n) is 0.967. The average Bonchev–Trinajstić information content (AvgIpc) is 2.21. The van der Waals surface area contributed by atoms with Crippen LogP contribution in [0.3, 0.4) is 0 Å². The van der Waals surface area contributed by atoms with Crippen LogP contribution in [-0.4, -0.2) is 55.6 Å². The van der Waals surface area contributed by atoms with Crippen molar-refractivity contribution in [1.29, 1.82) is 0 Å². The number of carbonyl (C=O) groups is 2. The van der Waals surface area contributed by atoms with Gasteiger partial charge >= 0.3 is 37.7 Å². The van der Waals surface area contributed by atoms with E-state index in [0.717, 1.165) is 0 Å². The molecule has 82 valence electrons. The number of carboxylic acid groups (broad SMARTS) is 2. The largest absolute Gasteiger partial charge is 2.00 e. The van der Waals surface area contributed by atoms with Gasteiger partial charge in [0.1, 0.15) is 0 Å². The minimum absolute atomic E-state index is 0. The molecular formula is C8H7CaNO6. The van der Waals surface area contributed by atoms with Gasteiger partial charge in [0, 0.05) is 25.1 Å². The van der Waals surface area contributed by atoms with Crippen LogP contribution in [0, 0.1) is 10.1 Å². The van der Waals surface area contributed by atoms with E-state index in [4.69, 9.17) is 19.8 Å². The number of carbonyl (C=O) groups excluding carboxylic acids is 2. The molecular weight excluding hydrogens is 246 g/mol. The number of rotatable bonds is 1. The van der Waals surface area contributed by atoms with Gasteiger partial charge in [-0.1, -0.05) is 18.2 Å². The molecule has 0 fully saturated rings. The average molecular weight is 253 g/mol. The number of hydrogen-bond donors (Lipinski definition) is 0. The van der Waals surface area contributed by atoms with Crippen LogP contribution in [0.5, 0.6) is 0 Å². The standard InChI is InChI=1S/C6H5NO2.2CH2O2.Ca/c8-7(9)6-4-2-1-3-5-6;2*2-1-3;/h1-5H;2*1H,(H,2,3);/q;;;+2/p-2. The summed E-state index contributed by atoms with van der Waals surface area (Å²) in [6.45, 7) is -1.00. The summed E-state index contributed by atoms with van der Waals surface area (Å²) in [5, 5.41) is 26.5. The fourth-order valence-electron chi connectivity index (χ4n) is 0.550. The molecule has 0 aliphatic carbocycles. The molecule has 1 aromatic carbocycles. The van der Waals surface area contributed by atoms with Crippen molar-refractivity contribution in [3.8, 4) is 0 Å². The fraction of sp³-hybridized carbons (Fsp3) is 0. The summed E-state index contributed by atoms with van der Waals surface area (Å²) in [5.41, 5.74) is 0.137. The topological polar surface area (TPSA) is 123 Å². The minimum atomic E-state index is -0.500. The Labute approximate surface area is 121 Å². The molecule has 1 aromatic rings. The van der Waals surface area contributed by atoms with Gasteiger partial charge in [-0.2, -0.15) is 0 Å². The van der Waals surface area contributed by atoms with E-state index in [1.807, 2.05) is 0 Å². The van der Waals surface area contributed by atoms with Crippen molar-refractivity contribution >= 4 is 56.4 Å². The smallest absolute Gasteiger partial charge is 0.554 e. The second-order valence-corrected chi connectivity index (χ2v) is 1.79. The molecule has 0 atom stereocenters. The van der Waals surface area contributed by atoms with Crippen molar-refractivity contribution in [2.24, 2.45) is 0 Å². The zero-order valence-corrected chi connectivity index (χ0v) is 10.4. The molecule has 0 aliphatic heterocycles. The normalized spacial score (nSPS) is 6.50. The van der Waals surface area contributed by atoms with Crippen LogP contribution >= 0.6 is 0 Å². The van der Waals surface area contributed by atoms with E-state index in [-0.39, 0.29) is 43.4 Å². The molecule has 0 N–H and O–H groups in total. The first-order chi connectivity index (χ1) is 7.13. The predicted octanol–water partition coefficient (Wildman–Crippen LogP) is -2.05. The number of nitrogens with zero attached hydrogens (tertiary/aromatic N) is 1. The van der Waals surface area contributed by atoms with Gasteiger partial charge in [-0.05, 0) is 0 Å². The summed E-state index contributed by atoms with van der Waals surface area (Å²) in [7, 11) is 0. The monoisotopic (exact) mass is 253 g/mol. The Morgan fingerprint density at radius 1 is 1.00 bits per heavy atom. The van der Waals surface area contributed by atoms with Crippen molar-refractivity contribution in [3.05, 3.63) is 40.4 Å². The van der Waals surface area contributed by atoms with E-state index in [1.165, 1.54) is 12.1 Å². The molecule has 0 aliphatic rings. The Hall–Kier alpha value is -1.18. The van der Waals surface area contributed by atoms with Crippen molar-refractivity contribution in [2.75, 3.05) is 0 Å². The molecule has 16 heavy (non-hydrogen) atoms. The van der Waals surface area contributed by atoms with Crippen molar-refractivity contribution in [3.63, 3.8) is 0 Å². The number of nitro groups is 1. The molecule has 0 spiro atoms. The van der Waals surface area contributed by atoms with E-state index in [0.29, 0.717) is 0 Å². The van der Waals surface area contributed by atoms with Gasteiger partial charge in [-0.25, -0.2) is 0 Å². The van der Waals surface area contributed by atoms with Crippen LogP contribution in [0.1, 0.15) is 0 Å². The zero-order chi connectivity index (χ0) is 12.1. The number of non-ortho nitro benzene ring substituents is 1. The van der Waals surface area contributed by atoms with Gasteiger partial charge in [0.2, 0.25) is 0 Å². The Morgan fingerprint density at radius 2 is 1.31 bits per heavy atom. The Morgan fingerprint density at radius 3 is 1.50 bits per heavy atom. The summed E-state index contributed by atoms with van der Waals surface area (Å²) in [6.07, 6.45) is 0. The first-order valence-electron chi connectivity index (χ1n) is 3.44. The van der Waals surface area contributed by atoms with Gasteiger partial charge < -0.3 is 19.8 Å². The summed E-state index contributed by atoms with van der Waals surface area (Å²) in [5.74, 6) is 0. The van der Waals surface area contributed by atoms with E-state index >= 15 is 0 Å². The van der Waals surface area contributed by atoms with E-state index in [9.17, 15) is 10.1 Å². The van der Waals surface area contributed by atoms with Gasteiger partial charge in [0.05, 0.1) is 4.92 Å². The first kappa shape index (κ1) is 20.3. The van der Waals surface area contributed by atoms with Crippen molar-refractivity contribution in [2.45, 2.75) is 0 Å². The second kappa shape index (κ2) is 16.3. The Balaban J connectivity index is -0.000000207. The minimum Gasteiger partial charge on any atom is -0.554 e. The summed E-state index contributed by atoms with van der Waals surface area (Å²) >= 11 is 0. The quantitative estimate of drug-likeness (QED) is 0.245. The predicted molar refractivity (Wildman–Crippen MR) is 51.0 cm³/mol. The number of nitro benzene ring substituents is 1. The van der Waals surface area contributed by atoms with Gasteiger partial charge in [0.25, 0.3) is 5.69 Å². The Kier molecular flexibility index (Phi) is 20.6. The summed E-state index contributed by atoms with van der Waals surface area (Å²) < 4.78 is 0. The molecule has 0 radical (unpaired) electrons. The first-order valence-corrected chi connectivity index (χ1v) is 3.44. The molecule has 0 bridgehead atoms. The van der Waals surface area contributed by atoms with Crippen molar-refractivity contribution in [1.82, 2.24) is 0 Å². The zero-order valence-electron chi connectivity index (χ0n) is 8.15. The maximum atomic E-state index is 10.0. The molecule has 0 saturated carbocycles. The van der Waals surface area contributed by atoms with Crippen molar-refractivity contribution < 1.29 is 24.7 Å². The molecule has 0 aromatic heterocycles. The van der Waals surface area contributed by atoms with Crippen LogP contribution in [0.25, 0.3) is 0 Å². The van der Waals surface area contributed by atoms with E-state index in [1.54, 1.807) is 18.2 Å². The molecule has 7 nitrogen and oxygen atoms in total. The molecule has 1 rings (SSSR count). The number of hydrogen-bond acceptors (Lipinski definition) is 6. The third-order valence-corrected chi connectivity index (χ3v) is 0.967. The molecule has 0 amide bonds. The SMILES string of the molecule is O=C[O-].O=C[O-].O=[N+]([O-])c1ccccc1.[Ca+2]. The van der Waals surface area contributed by atoms with Gasteiger partial charge in [0.15, 0.2) is 0 Å². The third kappa shape index (κ3) is 15.3. The number of benzene rings is 1.